The zero-order valence-electron chi connectivity index (χ0n) is 12.7. The molecular weight excluding hydrogens is 265 g/mol. The molecule has 0 radical (unpaired) electrons. The zero-order valence-corrected chi connectivity index (χ0v) is 12.7. The molecule has 1 heterocycles. The third-order valence-electron chi connectivity index (χ3n) is 4.04. The van der Waals surface area contributed by atoms with Gasteiger partial charge in [0, 0.05) is 19.7 Å². The van der Waals surface area contributed by atoms with E-state index in [9.17, 15) is 4.39 Å². The SMILES string of the molecule is CC1CCc2c(nc(-c3ccccc3F)nc2N(C)C)C1. The van der Waals surface area contributed by atoms with Crippen LogP contribution in [-0.2, 0) is 12.8 Å². The maximum Gasteiger partial charge on any atom is 0.164 e. The number of hydrogen-bond acceptors (Lipinski definition) is 3. The van der Waals surface area contributed by atoms with E-state index in [-0.39, 0.29) is 5.82 Å². The lowest BCUT2D eigenvalue weighted by atomic mass is 9.88. The molecular formula is C17H20FN3. The normalized spacial score (nSPS) is 17.4. The van der Waals surface area contributed by atoms with Crippen molar-refractivity contribution in [3.05, 3.63) is 41.3 Å². The van der Waals surface area contributed by atoms with E-state index in [0.717, 1.165) is 30.8 Å². The molecule has 1 unspecified atom stereocenters. The summed E-state index contributed by atoms with van der Waals surface area (Å²) in [5, 5.41) is 0. The second-order valence-electron chi connectivity index (χ2n) is 6.02. The highest BCUT2D eigenvalue weighted by molar-refractivity contribution is 5.61. The van der Waals surface area contributed by atoms with Crippen LogP contribution in [0.1, 0.15) is 24.6 Å². The molecule has 21 heavy (non-hydrogen) atoms. The van der Waals surface area contributed by atoms with Gasteiger partial charge in [-0.05, 0) is 37.3 Å². The molecule has 0 N–H and O–H groups in total. The first-order valence-electron chi connectivity index (χ1n) is 7.38. The Kier molecular flexibility index (Phi) is 3.62. The van der Waals surface area contributed by atoms with Gasteiger partial charge < -0.3 is 4.90 Å². The standard InChI is InChI=1S/C17H20FN3/c1-11-8-9-13-15(10-11)19-16(20-17(13)21(2)3)12-6-4-5-7-14(12)18/h4-7,11H,8-10H2,1-3H3. The van der Waals surface area contributed by atoms with Gasteiger partial charge in [0.1, 0.15) is 11.6 Å². The number of anilines is 1. The molecule has 110 valence electrons. The molecule has 1 aromatic heterocycles. The Morgan fingerprint density at radius 1 is 1.19 bits per heavy atom. The minimum absolute atomic E-state index is 0.272. The Balaban J connectivity index is 2.17. The molecule has 1 aromatic carbocycles. The predicted molar refractivity (Wildman–Crippen MR) is 82.9 cm³/mol. The fourth-order valence-corrected chi connectivity index (χ4v) is 2.90. The monoisotopic (exact) mass is 285 g/mol. The van der Waals surface area contributed by atoms with Gasteiger partial charge in [-0.2, -0.15) is 0 Å². The first kappa shape index (κ1) is 14.0. The van der Waals surface area contributed by atoms with Crippen molar-refractivity contribution >= 4 is 5.82 Å². The number of fused-ring (bicyclic) bond motifs is 1. The van der Waals surface area contributed by atoms with Crippen LogP contribution in [-0.4, -0.2) is 24.1 Å². The van der Waals surface area contributed by atoms with Crippen LogP contribution in [0.25, 0.3) is 11.4 Å². The van der Waals surface area contributed by atoms with Crippen molar-refractivity contribution in [2.45, 2.75) is 26.2 Å². The molecule has 3 rings (SSSR count). The van der Waals surface area contributed by atoms with Gasteiger partial charge in [-0.25, -0.2) is 14.4 Å². The van der Waals surface area contributed by atoms with E-state index in [1.807, 2.05) is 25.1 Å². The molecule has 0 saturated carbocycles. The van der Waals surface area contributed by atoms with E-state index in [1.165, 1.54) is 11.6 Å². The second kappa shape index (κ2) is 5.43. The van der Waals surface area contributed by atoms with Crippen LogP contribution in [0.3, 0.4) is 0 Å². The Morgan fingerprint density at radius 2 is 1.95 bits per heavy atom. The van der Waals surface area contributed by atoms with Gasteiger partial charge in [0.25, 0.3) is 0 Å². The molecule has 1 aliphatic carbocycles. The quantitative estimate of drug-likeness (QED) is 0.846. The molecule has 1 atom stereocenters. The average Bonchev–Trinajstić information content (AvgIpc) is 2.46. The predicted octanol–water partition coefficient (Wildman–Crippen LogP) is 3.47. The smallest absolute Gasteiger partial charge is 0.164 e. The molecule has 0 bridgehead atoms. The number of aromatic nitrogens is 2. The van der Waals surface area contributed by atoms with Crippen molar-refractivity contribution < 1.29 is 4.39 Å². The van der Waals surface area contributed by atoms with Gasteiger partial charge in [0.2, 0.25) is 0 Å². The maximum atomic E-state index is 14.0. The van der Waals surface area contributed by atoms with Crippen LogP contribution >= 0.6 is 0 Å². The first-order chi connectivity index (χ1) is 10.1. The van der Waals surface area contributed by atoms with E-state index in [0.29, 0.717) is 17.3 Å². The lowest BCUT2D eigenvalue weighted by Gasteiger charge is -2.26. The fourth-order valence-electron chi connectivity index (χ4n) is 2.90. The van der Waals surface area contributed by atoms with Crippen molar-refractivity contribution in [3.63, 3.8) is 0 Å². The zero-order chi connectivity index (χ0) is 15.0. The minimum Gasteiger partial charge on any atom is -0.362 e. The molecule has 0 spiro atoms. The number of rotatable bonds is 2. The van der Waals surface area contributed by atoms with Gasteiger partial charge >= 0.3 is 0 Å². The molecule has 3 nitrogen and oxygen atoms in total. The number of hydrogen-bond donors (Lipinski definition) is 0. The Hall–Kier alpha value is -1.97. The highest BCUT2D eigenvalue weighted by atomic mass is 19.1. The van der Waals surface area contributed by atoms with Gasteiger partial charge in [0.05, 0.1) is 11.3 Å². The van der Waals surface area contributed by atoms with E-state index in [4.69, 9.17) is 0 Å². The molecule has 4 heteroatoms. The second-order valence-corrected chi connectivity index (χ2v) is 6.02. The minimum atomic E-state index is -0.272. The van der Waals surface area contributed by atoms with Crippen molar-refractivity contribution in [1.82, 2.24) is 9.97 Å². The molecule has 0 aliphatic heterocycles. The van der Waals surface area contributed by atoms with Crippen LogP contribution < -0.4 is 4.90 Å². The number of benzene rings is 1. The van der Waals surface area contributed by atoms with Crippen LogP contribution in [0.15, 0.2) is 24.3 Å². The first-order valence-corrected chi connectivity index (χ1v) is 7.38. The third kappa shape index (κ3) is 2.62. The maximum absolute atomic E-state index is 14.0. The summed E-state index contributed by atoms with van der Waals surface area (Å²) in [6.07, 6.45) is 3.11. The van der Waals surface area contributed by atoms with Gasteiger partial charge in [-0.3, -0.25) is 0 Å². The van der Waals surface area contributed by atoms with E-state index in [1.54, 1.807) is 12.1 Å². The van der Waals surface area contributed by atoms with Crippen LogP contribution in [0.4, 0.5) is 10.2 Å². The number of halogens is 1. The van der Waals surface area contributed by atoms with E-state index in [2.05, 4.69) is 16.9 Å². The van der Waals surface area contributed by atoms with E-state index >= 15 is 0 Å². The topological polar surface area (TPSA) is 29.0 Å². The summed E-state index contributed by atoms with van der Waals surface area (Å²) in [7, 11) is 3.96. The molecule has 0 fully saturated rings. The van der Waals surface area contributed by atoms with Gasteiger partial charge in [-0.15, -0.1) is 0 Å². The summed E-state index contributed by atoms with van der Waals surface area (Å²) >= 11 is 0. The average molecular weight is 285 g/mol. The Bertz CT molecular complexity index is 667. The third-order valence-corrected chi connectivity index (χ3v) is 4.04. The number of nitrogens with zero attached hydrogens (tertiary/aromatic N) is 3. The van der Waals surface area contributed by atoms with Crippen molar-refractivity contribution in [1.29, 1.82) is 0 Å². The summed E-state index contributed by atoms with van der Waals surface area (Å²) in [4.78, 5) is 11.3. The lowest BCUT2D eigenvalue weighted by molar-refractivity contribution is 0.491. The summed E-state index contributed by atoms with van der Waals surface area (Å²) < 4.78 is 14.0. The lowest BCUT2D eigenvalue weighted by Crippen LogP contribution is -2.21. The Labute approximate surface area is 124 Å². The Morgan fingerprint density at radius 3 is 2.67 bits per heavy atom. The summed E-state index contributed by atoms with van der Waals surface area (Å²) in [6, 6.07) is 6.70. The van der Waals surface area contributed by atoms with Crippen LogP contribution in [0.5, 0.6) is 0 Å². The van der Waals surface area contributed by atoms with Crippen LogP contribution in [0, 0.1) is 11.7 Å². The largest absolute Gasteiger partial charge is 0.362 e. The van der Waals surface area contributed by atoms with Crippen molar-refractivity contribution in [2.75, 3.05) is 19.0 Å². The summed E-state index contributed by atoms with van der Waals surface area (Å²) in [5.41, 5.74) is 2.77. The van der Waals surface area contributed by atoms with Gasteiger partial charge in [-0.1, -0.05) is 19.1 Å². The van der Waals surface area contributed by atoms with Crippen molar-refractivity contribution in [3.8, 4) is 11.4 Å². The summed E-state index contributed by atoms with van der Waals surface area (Å²) in [6.45, 7) is 2.24. The van der Waals surface area contributed by atoms with Crippen LogP contribution in [0.2, 0.25) is 0 Å². The molecule has 0 amide bonds. The van der Waals surface area contributed by atoms with E-state index < -0.39 is 0 Å². The fraction of sp³-hybridized carbons (Fsp3) is 0.412. The highest BCUT2D eigenvalue weighted by Gasteiger charge is 2.23. The molecule has 2 aromatic rings. The summed E-state index contributed by atoms with van der Waals surface area (Å²) in [5.74, 6) is 1.76. The molecule has 1 aliphatic rings. The van der Waals surface area contributed by atoms with Gasteiger partial charge in [0.15, 0.2) is 5.82 Å². The van der Waals surface area contributed by atoms with Crippen molar-refractivity contribution in [2.24, 2.45) is 5.92 Å². The highest BCUT2D eigenvalue weighted by Crippen LogP contribution is 2.32. The molecule has 0 saturated heterocycles.